The summed E-state index contributed by atoms with van der Waals surface area (Å²) in [7, 11) is 0. The molecule has 0 aliphatic heterocycles. The van der Waals surface area contributed by atoms with Crippen LogP contribution in [0, 0.1) is 6.92 Å². The normalized spacial score (nSPS) is 12.6. The van der Waals surface area contributed by atoms with Crippen LogP contribution < -0.4 is 0 Å². The van der Waals surface area contributed by atoms with Crippen LogP contribution in [-0.4, -0.2) is 14.0 Å². The third-order valence-electron chi connectivity index (χ3n) is 7.55. The van der Waals surface area contributed by atoms with Crippen molar-refractivity contribution in [3.05, 3.63) is 142 Å². The quantitative estimate of drug-likeness (QED) is 0.167. The van der Waals surface area contributed by atoms with E-state index in [4.69, 9.17) is 86.2 Å². The molecule has 0 bridgehead atoms. The molecule has 1 unspecified atom stereocenters. The van der Waals surface area contributed by atoms with Crippen molar-refractivity contribution >= 4 is 109 Å². The summed E-state index contributed by atoms with van der Waals surface area (Å²) in [4.78, 5) is 4.95. The van der Waals surface area contributed by atoms with E-state index in [9.17, 15) is 0 Å². The third-order valence-corrected chi connectivity index (χ3v) is 9.59. The van der Waals surface area contributed by atoms with Crippen molar-refractivity contribution in [2.45, 2.75) is 12.8 Å². The predicted molar refractivity (Wildman–Crippen MR) is 183 cm³/mol. The van der Waals surface area contributed by atoms with E-state index in [1.807, 2.05) is 84.3 Å². The topological polar surface area (TPSA) is 22.2 Å². The van der Waals surface area contributed by atoms with Crippen LogP contribution in [-0.2, 0) is 0 Å². The van der Waals surface area contributed by atoms with Gasteiger partial charge in [0, 0.05) is 42.2 Å². The van der Waals surface area contributed by atoms with E-state index in [1.165, 1.54) is 0 Å². The zero-order chi connectivity index (χ0) is 30.2. The molecule has 214 valence electrons. The molecular formula is C33H18Cl7N3. The van der Waals surface area contributed by atoms with Gasteiger partial charge < -0.3 is 0 Å². The first-order chi connectivity index (χ1) is 20.6. The second-order valence-electron chi connectivity index (χ2n) is 10.3. The highest BCUT2D eigenvalue weighted by Gasteiger charge is 2.29. The Hall–Kier alpha value is -2.60. The van der Waals surface area contributed by atoms with Gasteiger partial charge in [0.15, 0.2) is 0 Å². The van der Waals surface area contributed by atoms with E-state index < -0.39 is 5.92 Å². The summed E-state index contributed by atoms with van der Waals surface area (Å²) >= 11 is 47.9. The molecule has 5 aromatic carbocycles. The first-order valence-corrected chi connectivity index (χ1v) is 15.7. The molecule has 10 heteroatoms. The summed E-state index contributed by atoms with van der Waals surface area (Å²) in [5, 5.41) is 2.81. The molecule has 0 saturated carbocycles. The molecule has 1 atom stereocenters. The standard InChI is InChI=1S/C33H18Cl7N3/c1-16-10-19(35)30(20(36)11-16)29(31-21(37)14-18(34)15-22(31)38)17-12-23(39)32(24(40)13-17)43-28-9-5-4-8-27(28)42-26-7-3-2-6-25(26)41-33(42)43/h2-15,29H,1H3. The molecule has 0 aliphatic carbocycles. The second kappa shape index (κ2) is 11.1. The van der Waals surface area contributed by atoms with Crippen LogP contribution in [0.5, 0.6) is 0 Å². The number of imidazole rings is 2. The van der Waals surface area contributed by atoms with Crippen molar-refractivity contribution in [2.75, 3.05) is 0 Å². The zero-order valence-electron chi connectivity index (χ0n) is 22.1. The van der Waals surface area contributed by atoms with E-state index in [0.717, 1.165) is 27.6 Å². The number of para-hydroxylation sites is 4. The highest BCUT2D eigenvalue weighted by atomic mass is 35.5. The van der Waals surface area contributed by atoms with Gasteiger partial charge >= 0.3 is 0 Å². The Labute approximate surface area is 282 Å². The summed E-state index contributed by atoms with van der Waals surface area (Å²) < 4.78 is 4.08. The summed E-state index contributed by atoms with van der Waals surface area (Å²) in [6.07, 6.45) is 0. The first-order valence-electron chi connectivity index (χ1n) is 13.1. The van der Waals surface area contributed by atoms with Crippen molar-refractivity contribution in [1.82, 2.24) is 14.0 Å². The van der Waals surface area contributed by atoms with Gasteiger partial charge in [-0.15, -0.1) is 0 Å². The van der Waals surface area contributed by atoms with Gasteiger partial charge in [0.2, 0.25) is 5.78 Å². The predicted octanol–water partition coefficient (Wildman–Crippen LogP) is 12.5. The fourth-order valence-electron chi connectivity index (χ4n) is 5.83. The number of nitrogens with zero attached hydrogens (tertiary/aromatic N) is 3. The monoisotopic (exact) mass is 701 g/mol. The molecule has 0 aliphatic rings. The lowest BCUT2D eigenvalue weighted by atomic mass is 9.84. The molecule has 7 aromatic rings. The van der Waals surface area contributed by atoms with Crippen molar-refractivity contribution in [3.63, 3.8) is 0 Å². The fraction of sp³-hybridized carbons (Fsp3) is 0.0606. The highest BCUT2D eigenvalue weighted by Crippen LogP contribution is 2.48. The minimum Gasteiger partial charge on any atom is -0.276 e. The van der Waals surface area contributed by atoms with E-state index in [2.05, 4.69) is 4.40 Å². The van der Waals surface area contributed by atoms with E-state index in [1.54, 1.807) is 12.1 Å². The van der Waals surface area contributed by atoms with Gasteiger partial charge in [-0.25, -0.2) is 4.98 Å². The molecule has 0 spiro atoms. The molecule has 3 nitrogen and oxygen atoms in total. The summed E-state index contributed by atoms with van der Waals surface area (Å²) in [6, 6.07) is 26.6. The maximum atomic E-state index is 7.16. The maximum absolute atomic E-state index is 7.16. The number of fused-ring (bicyclic) bond motifs is 5. The molecule has 0 N–H and O–H groups in total. The molecule has 7 rings (SSSR count). The first kappa shape index (κ1) is 29.1. The lowest BCUT2D eigenvalue weighted by Gasteiger charge is -2.25. The van der Waals surface area contributed by atoms with Gasteiger partial charge in [0.05, 0.1) is 37.8 Å². The minimum absolute atomic E-state index is 0.355. The summed E-state index contributed by atoms with van der Waals surface area (Å²) in [6.45, 7) is 1.92. The Kier molecular flexibility index (Phi) is 7.51. The number of aryl methyl sites for hydroxylation is 1. The fourth-order valence-corrected chi connectivity index (χ4v) is 8.35. The maximum Gasteiger partial charge on any atom is 0.220 e. The second-order valence-corrected chi connectivity index (χ2v) is 13.1. The third kappa shape index (κ3) is 4.78. The largest absolute Gasteiger partial charge is 0.276 e. The van der Waals surface area contributed by atoms with Crippen LogP contribution in [0.3, 0.4) is 0 Å². The zero-order valence-corrected chi connectivity index (χ0v) is 27.4. The van der Waals surface area contributed by atoms with Gasteiger partial charge in [0.25, 0.3) is 0 Å². The van der Waals surface area contributed by atoms with Gasteiger partial charge in [-0.05, 0) is 78.7 Å². The SMILES string of the molecule is Cc1cc(Cl)c(C(c2cc(Cl)c(-n3c4ccccc4n4c5ccccc5nc34)c(Cl)c2)c2c(Cl)cc(Cl)cc2Cl)c(Cl)c1. The van der Waals surface area contributed by atoms with E-state index >= 15 is 0 Å². The Morgan fingerprint density at radius 1 is 0.581 bits per heavy atom. The molecule has 2 heterocycles. The van der Waals surface area contributed by atoms with Crippen molar-refractivity contribution in [3.8, 4) is 5.69 Å². The van der Waals surface area contributed by atoms with Gasteiger partial charge in [-0.1, -0.05) is 105 Å². The molecular weight excluding hydrogens is 687 g/mol. The Balaban J connectivity index is 1.52. The number of benzene rings is 5. The average Bonchev–Trinajstić information content (AvgIpc) is 3.46. The van der Waals surface area contributed by atoms with Crippen molar-refractivity contribution in [1.29, 1.82) is 0 Å². The summed E-state index contributed by atoms with van der Waals surface area (Å²) in [5.74, 6) is 0.0706. The molecule has 0 radical (unpaired) electrons. The van der Waals surface area contributed by atoms with E-state index in [0.29, 0.717) is 63.3 Å². The van der Waals surface area contributed by atoms with Crippen molar-refractivity contribution < 1.29 is 0 Å². The number of hydrogen-bond acceptors (Lipinski definition) is 1. The number of halogens is 7. The van der Waals surface area contributed by atoms with Gasteiger partial charge in [-0.3, -0.25) is 8.97 Å². The number of rotatable bonds is 4. The average molecular weight is 705 g/mol. The van der Waals surface area contributed by atoms with Crippen LogP contribution >= 0.6 is 81.2 Å². The van der Waals surface area contributed by atoms with Crippen LogP contribution in [0.4, 0.5) is 0 Å². The molecule has 0 amide bonds. The van der Waals surface area contributed by atoms with Crippen LogP contribution in [0.25, 0.3) is 33.5 Å². The molecule has 2 aromatic heterocycles. The van der Waals surface area contributed by atoms with Crippen LogP contribution in [0.1, 0.15) is 28.2 Å². The lowest BCUT2D eigenvalue weighted by Crippen LogP contribution is -2.09. The molecule has 43 heavy (non-hydrogen) atoms. The van der Waals surface area contributed by atoms with Crippen LogP contribution in [0.15, 0.2) is 84.9 Å². The van der Waals surface area contributed by atoms with Crippen LogP contribution in [0.2, 0.25) is 35.2 Å². The smallest absolute Gasteiger partial charge is 0.220 e. The lowest BCUT2D eigenvalue weighted by molar-refractivity contribution is 0.973. The van der Waals surface area contributed by atoms with E-state index in [-0.39, 0.29) is 0 Å². The van der Waals surface area contributed by atoms with Gasteiger partial charge in [-0.2, -0.15) is 0 Å². The minimum atomic E-state index is -0.614. The molecule has 0 saturated heterocycles. The molecule has 0 fully saturated rings. The number of aromatic nitrogens is 3. The Morgan fingerprint density at radius 2 is 1.09 bits per heavy atom. The Bertz CT molecular complexity index is 2120. The number of hydrogen-bond donors (Lipinski definition) is 0. The van der Waals surface area contributed by atoms with Gasteiger partial charge in [0.1, 0.15) is 0 Å². The highest BCUT2D eigenvalue weighted by molar-refractivity contribution is 6.40. The summed E-state index contributed by atoms with van der Waals surface area (Å²) in [5.41, 5.74) is 7.09. The Morgan fingerprint density at radius 3 is 1.70 bits per heavy atom. The van der Waals surface area contributed by atoms with Crippen molar-refractivity contribution in [2.24, 2.45) is 0 Å².